The molecule has 0 spiro atoms. The van der Waals surface area contributed by atoms with Crippen LogP contribution in [-0.2, 0) is 7.05 Å². The maximum Gasteiger partial charge on any atom is 0.127 e. The Morgan fingerprint density at radius 2 is 2.06 bits per heavy atom. The Bertz CT molecular complexity index is 709. The highest BCUT2D eigenvalue weighted by atomic mass is 32.1. The molecule has 18 heavy (non-hydrogen) atoms. The zero-order valence-corrected chi connectivity index (χ0v) is 11.5. The number of hydrogen-bond acceptors (Lipinski definition) is 3. The Hall–Kier alpha value is -1.81. The molecule has 0 radical (unpaired) electrons. The smallest absolute Gasteiger partial charge is 0.127 e. The summed E-state index contributed by atoms with van der Waals surface area (Å²) >= 11 is 1.71. The monoisotopic (exact) mass is 257 g/mol. The number of nitrogens with one attached hydrogen (secondary N) is 1. The van der Waals surface area contributed by atoms with Gasteiger partial charge in [0.1, 0.15) is 10.0 Å². The first-order valence-electron chi connectivity index (χ1n) is 5.90. The molecule has 1 N–H and O–H groups in total. The van der Waals surface area contributed by atoms with E-state index in [-0.39, 0.29) is 0 Å². The summed E-state index contributed by atoms with van der Waals surface area (Å²) in [5.41, 5.74) is 3.51. The number of thiazole rings is 1. The van der Waals surface area contributed by atoms with Crippen LogP contribution in [0.2, 0.25) is 0 Å². The van der Waals surface area contributed by atoms with Crippen LogP contribution < -0.4 is 5.32 Å². The number of nitrogens with zero attached hydrogens (tertiary/aromatic N) is 2. The summed E-state index contributed by atoms with van der Waals surface area (Å²) in [6.45, 7) is 2.04. The second-order valence-electron chi connectivity index (χ2n) is 4.35. The molecule has 3 rings (SSSR count). The molecular formula is C14H15N3S. The second kappa shape index (κ2) is 4.14. The molecule has 0 saturated carbocycles. The molecule has 92 valence electrons. The summed E-state index contributed by atoms with van der Waals surface area (Å²) in [4.78, 5) is 4.66. The van der Waals surface area contributed by atoms with Gasteiger partial charge in [-0.1, -0.05) is 29.5 Å². The van der Waals surface area contributed by atoms with Crippen LogP contribution in [0.25, 0.3) is 21.5 Å². The van der Waals surface area contributed by atoms with Gasteiger partial charge < -0.3 is 9.88 Å². The molecule has 0 amide bonds. The van der Waals surface area contributed by atoms with Crippen molar-refractivity contribution in [2.24, 2.45) is 7.05 Å². The average Bonchev–Trinajstić information content (AvgIpc) is 2.91. The number of hydrogen-bond donors (Lipinski definition) is 1. The Morgan fingerprint density at radius 1 is 1.28 bits per heavy atom. The topological polar surface area (TPSA) is 29.9 Å². The minimum absolute atomic E-state index is 1.06. The van der Waals surface area contributed by atoms with Gasteiger partial charge in [-0.05, 0) is 13.0 Å². The molecule has 0 atom stereocenters. The van der Waals surface area contributed by atoms with E-state index in [1.165, 1.54) is 16.5 Å². The molecule has 0 aliphatic heterocycles. The fourth-order valence-corrected chi connectivity index (χ4v) is 3.20. The van der Waals surface area contributed by atoms with Gasteiger partial charge in [-0.2, -0.15) is 0 Å². The van der Waals surface area contributed by atoms with Gasteiger partial charge >= 0.3 is 0 Å². The summed E-state index contributed by atoms with van der Waals surface area (Å²) in [7, 11) is 4.01. The first-order chi connectivity index (χ1) is 8.70. The molecule has 0 bridgehead atoms. The van der Waals surface area contributed by atoms with Crippen molar-refractivity contribution in [3.63, 3.8) is 0 Å². The Labute approximate surface area is 110 Å². The summed E-state index contributed by atoms with van der Waals surface area (Å²) in [6.07, 6.45) is 2.16. The largest absolute Gasteiger partial charge is 0.378 e. The highest BCUT2D eigenvalue weighted by Crippen LogP contribution is 2.36. The Morgan fingerprint density at radius 3 is 2.78 bits per heavy atom. The van der Waals surface area contributed by atoms with Crippen molar-refractivity contribution in [2.45, 2.75) is 6.92 Å². The summed E-state index contributed by atoms with van der Waals surface area (Å²) in [6, 6.07) is 8.43. The van der Waals surface area contributed by atoms with Gasteiger partial charge in [-0.15, -0.1) is 0 Å². The lowest BCUT2D eigenvalue weighted by Crippen LogP contribution is -1.85. The average molecular weight is 257 g/mol. The minimum Gasteiger partial charge on any atom is -0.378 e. The van der Waals surface area contributed by atoms with E-state index >= 15 is 0 Å². The molecule has 1 aromatic carbocycles. The van der Waals surface area contributed by atoms with Crippen LogP contribution in [0.4, 0.5) is 5.00 Å². The molecule has 0 saturated heterocycles. The van der Waals surface area contributed by atoms with E-state index in [0.717, 1.165) is 15.7 Å². The summed E-state index contributed by atoms with van der Waals surface area (Å²) in [5, 5.41) is 6.66. The first-order valence-corrected chi connectivity index (χ1v) is 6.72. The molecule has 0 unspecified atom stereocenters. The van der Waals surface area contributed by atoms with Crippen molar-refractivity contribution in [1.29, 1.82) is 0 Å². The number of fused-ring (bicyclic) bond motifs is 1. The van der Waals surface area contributed by atoms with Gasteiger partial charge in [-0.3, -0.25) is 0 Å². The second-order valence-corrected chi connectivity index (χ2v) is 5.35. The van der Waals surface area contributed by atoms with Crippen LogP contribution in [0.15, 0.2) is 30.5 Å². The third kappa shape index (κ3) is 1.61. The molecule has 3 nitrogen and oxygen atoms in total. The lowest BCUT2D eigenvalue weighted by atomic mass is 10.2. The Kier molecular flexibility index (Phi) is 2.59. The van der Waals surface area contributed by atoms with Crippen molar-refractivity contribution >= 4 is 27.2 Å². The van der Waals surface area contributed by atoms with Crippen molar-refractivity contribution < 1.29 is 0 Å². The van der Waals surface area contributed by atoms with Gasteiger partial charge in [-0.25, -0.2) is 4.98 Å². The van der Waals surface area contributed by atoms with Crippen LogP contribution in [-0.4, -0.2) is 16.6 Å². The van der Waals surface area contributed by atoms with Crippen LogP contribution in [0.1, 0.15) is 5.69 Å². The van der Waals surface area contributed by atoms with E-state index in [9.17, 15) is 0 Å². The minimum atomic E-state index is 1.06. The number of aryl methyl sites for hydroxylation is 2. The zero-order chi connectivity index (χ0) is 12.7. The van der Waals surface area contributed by atoms with Crippen LogP contribution in [0.5, 0.6) is 0 Å². The number of benzene rings is 1. The molecular weight excluding hydrogens is 242 g/mol. The lowest BCUT2D eigenvalue weighted by Gasteiger charge is -1.93. The first kappa shape index (κ1) is 11.3. The van der Waals surface area contributed by atoms with E-state index in [2.05, 4.69) is 52.4 Å². The SMILES string of the molecule is CNc1sc(-c2cn(C)c3ccccc23)nc1C. The van der Waals surface area contributed by atoms with Gasteiger partial charge in [0.2, 0.25) is 0 Å². The number of para-hydroxylation sites is 1. The molecule has 3 aromatic rings. The number of anilines is 1. The summed E-state index contributed by atoms with van der Waals surface area (Å²) in [5.74, 6) is 0. The normalized spacial score (nSPS) is 11.1. The van der Waals surface area contributed by atoms with Gasteiger partial charge in [0.15, 0.2) is 0 Å². The van der Waals surface area contributed by atoms with Gasteiger partial charge in [0, 0.05) is 36.8 Å². The zero-order valence-electron chi connectivity index (χ0n) is 10.7. The highest BCUT2D eigenvalue weighted by Gasteiger charge is 2.13. The molecule has 0 fully saturated rings. The molecule has 4 heteroatoms. The maximum atomic E-state index is 4.66. The van der Waals surface area contributed by atoms with Gasteiger partial charge in [0.25, 0.3) is 0 Å². The third-order valence-corrected chi connectivity index (χ3v) is 4.36. The fraction of sp³-hybridized carbons (Fsp3) is 0.214. The van der Waals surface area contributed by atoms with Crippen LogP contribution in [0.3, 0.4) is 0 Å². The standard InChI is InChI=1S/C14H15N3S/c1-9-13(15-2)18-14(16-9)11-8-17(3)12-7-5-4-6-10(11)12/h4-8,15H,1-3H3. The van der Waals surface area contributed by atoms with E-state index in [1.807, 2.05) is 14.0 Å². The highest BCUT2D eigenvalue weighted by molar-refractivity contribution is 7.19. The molecule has 0 aliphatic carbocycles. The van der Waals surface area contributed by atoms with Crippen molar-refractivity contribution in [3.05, 3.63) is 36.2 Å². The van der Waals surface area contributed by atoms with Crippen molar-refractivity contribution in [1.82, 2.24) is 9.55 Å². The van der Waals surface area contributed by atoms with Gasteiger partial charge in [0.05, 0.1) is 5.69 Å². The fourth-order valence-electron chi connectivity index (χ4n) is 2.26. The van der Waals surface area contributed by atoms with E-state index in [0.29, 0.717) is 0 Å². The van der Waals surface area contributed by atoms with E-state index in [4.69, 9.17) is 0 Å². The summed E-state index contributed by atoms with van der Waals surface area (Å²) < 4.78 is 2.15. The molecule has 2 heterocycles. The quantitative estimate of drug-likeness (QED) is 0.759. The maximum absolute atomic E-state index is 4.66. The Balaban J connectivity index is 2.25. The van der Waals surface area contributed by atoms with Crippen molar-refractivity contribution in [3.8, 4) is 10.6 Å². The third-order valence-electron chi connectivity index (χ3n) is 3.15. The predicted molar refractivity (Wildman–Crippen MR) is 78.3 cm³/mol. The predicted octanol–water partition coefficient (Wildman–Crippen LogP) is 3.65. The number of aromatic nitrogens is 2. The molecule has 2 aromatic heterocycles. The molecule has 0 aliphatic rings. The van der Waals surface area contributed by atoms with Crippen LogP contribution >= 0.6 is 11.3 Å². The lowest BCUT2D eigenvalue weighted by molar-refractivity contribution is 0.970. The van der Waals surface area contributed by atoms with E-state index in [1.54, 1.807) is 11.3 Å². The van der Waals surface area contributed by atoms with Crippen molar-refractivity contribution in [2.75, 3.05) is 12.4 Å². The van der Waals surface area contributed by atoms with Crippen LogP contribution in [0, 0.1) is 6.92 Å². The number of rotatable bonds is 2. The van der Waals surface area contributed by atoms with E-state index < -0.39 is 0 Å².